The third-order valence-electron chi connectivity index (χ3n) is 7.55. The van der Waals surface area contributed by atoms with Crippen molar-refractivity contribution in [3.63, 3.8) is 0 Å². The first-order chi connectivity index (χ1) is 18.8. The van der Waals surface area contributed by atoms with Crippen molar-refractivity contribution in [2.45, 2.75) is 0 Å². The molecule has 2 aliphatic heterocycles. The first kappa shape index (κ1) is 22.9. The standard InChI is InChI=1S/C34H28N2O2/c1-2-6-26-22-32-30(10-12-36-15-19-38-20-16-36)34-24-28-8-4-3-7-27(28)23-33(34)29(31(32)21-25(26)5-1)9-11-35-13-17-37-18-14-35/h1-8,21-24H,13-20H2. The second kappa shape index (κ2) is 9.92. The maximum atomic E-state index is 5.54. The SMILES string of the molecule is C(#CN1CCOCC1)c1c2cc3ccccc3cc2c(C#CN2CCOCC2)c2cc3ccccc3cc12. The van der Waals surface area contributed by atoms with E-state index in [2.05, 4.69) is 107 Å². The number of nitrogens with zero attached hydrogens (tertiary/aromatic N) is 2. The third kappa shape index (κ3) is 4.29. The first-order valence-corrected chi connectivity index (χ1v) is 13.3. The Kier molecular flexibility index (Phi) is 5.99. The molecule has 2 fully saturated rings. The molecule has 5 aromatic carbocycles. The summed E-state index contributed by atoms with van der Waals surface area (Å²) < 4.78 is 11.1. The van der Waals surface area contributed by atoms with Crippen LogP contribution in [0.3, 0.4) is 0 Å². The number of benzene rings is 5. The lowest BCUT2D eigenvalue weighted by Crippen LogP contribution is -2.32. The van der Waals surface area contributed by atoms with Crippen LogP contribution < -0.4 is 0 Å². The van der Waals surface area contributed by atoms with E-state index in [1.807, 2.05) is 0 Å². The van der Waals surface area contributed by atoms with E-state index in [-0.39, 0.29) is 0 Å². The number of fused-ring (bicyclic) bond motifs is 4. The average Bonchev–Trinajstić information content (AvgIpc) is 2.98. The number of rotatable bonds is 0. The van der Waals surface area contributed by atoms with Gasteiger partial charge in [-0.05, 0) is 79.2 Å². The molecule has 0 amide bonds. The van der Waals surface area contributed by atoms with Crippen LogP contribution in [-0.4, -0.2) is 62.4 Å². The van der Waals surface area contributed by atoms with Gasteiger partial charge in [0, 0.05) is 49.4 Å². The highest BCUT2D eigenvalue weighted by atomic mass is 16.5. The zero-order chi connectivity index (χ0) is 25.3. The molecule has 186 valence electrons. The monoisotopic (exact) mass is 496 g/mol. The number of ether oxygens (including phenoxy) is 2. The molecule has 0 N–H and O–H groups in total. The van der Waals surface area contributed by atoms with Crippen LogP contribution in [0.4, 0.5) is 0 Å². The molecular weight excluding hydrogens is 468 g/mol. The molecule has 2 saturated heterocycles. The smallest absolute Gasteiger partial charge is 0.0649 e. The lowest BCUT2D eigenvalue weighted by Gasteiger charge is -2.23. The molecule has 0 spiro atoms. The minimum absolute atomic E-state index is 0.724. The number of hydrogen-bond donors (Lipinski definition) is 0. The van der Waals surface area contributed by atoms with Crippen LogP contribution in [0.5, 0.6) is 0 Å². The Morgan fingerprint density at radius 2 is 0.789 bits per heavy atom. The number of morpholine rings is 2. The van der Waals surface area contributed by atoms with Crippen molar-refractivity contribution in [1.29, 1.82) is 0 Å². The van der Waals surface area contributed by atoms with Gasteiger partial charge in [-0.25, -0.2) is 0 Å². The van der Waals surface area contributed by atoms with Crippen LogP contribution in [0, 0.1) is 23.9 Å². The fourth-order valence-corrected chi connectivity index (χ4v) is 5.49. The highest BCUT2D eigenvalue weighted by Gasteiger charge is 2.16. The quantitative estimate of drug-likeness (QED) is 0.206. The first-order valence-electron chi connectivity index (χ1n) is 13.3. The molecule has 0 aromatic heterocycles. The van der Waals surface area contributed by atoms with Gasteiger partial charge in [-0.15, -0.1) is 0 Å². The van der Waals surface area contributed by atoms with Gasteiger partial charge in [0.05, 0.1) is 26.4 Å². The summed E-state index contributed by atoms with van der Waals surface area (Å²) in [5.41, 5.74) is 2.13. The molecule has 4 heteroatoms. The van der Waals surface area contributed by atoms with E-state index in [0.29, 0.717) is 0 Å². The van der Waals surface area contributed by atoms with Gasteiger partial charge in [0.2, 0.25) is 0 Å². The van der Waals surface area contributed by atoms with Crippen LogP contribution in [0.15, 0.2) is 72.8 Å². The summed E-state index contributed by atoms with van der Waals surface area (Å²) in [5.74, 6) is 7.22. The van der Waals surface area contributed by atoms with Crippen molar-refractivity contribution >= 4 is 43.1 Å². The van der Waals surface area contributed by atoms with Crippen LogP contribution >= 0.6 is 0 Å². The third-order valence-corrected chi connectivity index (χ3v) is 7.55. The molecular formula is C34H28N2O2. The maximum absolute atomic E-state index is 5.54. The van der Waals surface area contributed by atoms with E-state index in [4.69, 9.17) is 9.47 Å². The lowest BCUT2D eigenvalue weighted by atomic mass is 9.89. The van der Waals surface area contributed by atoms with Crippen molar-refractivity contribution in [1.82, 2.24) is 9.80 Å². The normalized spacial score (nSPS) is 15.9. The minimum Gasteiger partial charge on any atom is -0.378 e. The van der Waals surface area contributed by atoms with Gasteiger partial charge in [-0.2, -0.15) is 0 Å². The zero-order valence-electron chi connectivity index (χ0n) is 21.3. The Hall–Kier alpha value is -4.22. The Labute approximate surface area is 222 Å². The molecule has 38 heavy (non-hydrogen) atoms. The predicted molar refractivity (Wildman–Crippen MR) is 155 cm³/mol. The highest BCUT2D eigenvalue weighted by Crippen LogP contribution is 2.37. The molecule has 2 aliphatic rings. The van der Waals surface area contributed by atoms with Gasteiger partial charge in [0.1, 0.15) is 0 Å². The minimum atomic E-state index is 0.724. The molecule has 0 unspecified atom stereocenters. The molecule has 2 heterocycles. The van der Waals surface area contributed by atoms with Gasteiger partial charge in [0.15, 0.2) is 0 Å². The summed E-state index contributed by atoms with van der Waals surface area (Å²) in [6.45, 7) is 6.22. The molecule has 0 atom stereocenters. The Morgan fingerprint density at radius 3 is 1.11 bits per heavy atom. The second-order valence-corrected chi connectivity index (χ2v) is 9.91. The molecule has 5 aromatic rings. The van der Waals surface area contributed by atoms with E-state index in [1.54, 1.807) is 0 Å². The molecule has 0 saturated carbocycles. The van der Waals surface area contributed by atoms with E-state index in [1.165, 1.54) is 21.5 Å². The van der Waals surface area contributed by atoms with Crippen molar-refractivity contribution in [3.05, 3.63) is 83.9 Å². The van der Waals surface area contributed by atoms with E-state index in [0.717, 1.165) is 85.3 Å². The molecule has 4 nitrogen and oxygen atoms in total. The van der Waals surface area contributed by atoms with Crippen molar-refractivity contribution in [3.8, 4) is 23.9 Å². The molecule has 0 radical (unpaired) electrons. The topological polar surface area (TPSA) is 24.9 Å². The van der Waals surface area contributed by atoms with E-state index in [9.17, 15) is 0 Å². The maximum Gasteiger partial charge on any atom is 0.0649 e. The van der Waals surface area contributed by atoms with Crippen molar-refractivity contribution in [2.24, 2.45) is 0 Å². The Balaban J connectivity index is 1.56. The van der Waals surface area contributed by atoms with Gasteiger partial charge >= 0.3 is 0 Å². The second-order valence-electron chi connectivity index (χ2n) is 9.91. The largest absolute Gasteiger partial charge is 0.378 e. The van der Waals surface area contributed by atoms with Gasteiger partial charge in [-0.1, -0.05) is 48.5 Å². The summed E-state index contributed by atoms with van der Waals surface area (Å²) >= 11 is 0. The number of hydrogen-bond acceptors (Lipinski definition) is 4. The molecule has 0 bridgehead atoms. The van der Waals surface area contributed by atoms with Crippen molar-refractivity contribution in [2.75, 3.05) is 52.6 Å². The summed E-state index contributed by atoms with van der Waals surface area (Å²) in [5, 5.41) is 9.45. The lowest BCUT2D eigenvalue weighted by molar-refractivity contribution is 0.0637. The highest BCUT2D eigenvalue weighted by molar-refractivity contribution is 6.16. The van der Waals surface area contributed by atoms with Crippen LogP contribution in [0.2, 0.25) is 0 Å². The van der Waals surface area contributed by atoms with E-state index >= 15 is 0 Å². The summed E-state index contributed by atoms with van der Waals surface area (Å²) in [7, 11) is 0. The molecule has 7 rings (SSSR count). The van der Waals surface area contributed by atoms with Crippen LogP contribution in [0.1, 0.15) is 11.1 Å². The molecule has 0 aliphatic carbocycles. The van der Waals surface area contributed by atoms with E-state index < -0.39 is 0 Å². The van der Waals surface area contributed by atoms with Crippen LogP contribution in [0.25, 0.3) is 43.1 Å². The Morgan fingerprint density at radius 1 is 0.474 bits per heavy atom. The average molecular weight is 497 g/mol. The van der Waals surface area contributed by atoms with Crippen molar-refractivity contribution < 1.29 is 9.47 Å². The fraction of sp³-hybridized carbons (Fsp3) is 0.235. The zero-order valence-corrected chi connectivity index (χ0v) is 21.3. The van der Waals surface area contributed by atoms with Crippen LogP contribution in [-0.2, 0) is 9.47 Å². The predicted octanol–water partition coefficient (Wildman–Crippen LogP) is 5.58. The summed E-state index contributed by atoms with van der Waals surface area (Å²) in [6, 6.07) is 33.2. The van der Waals surface area contributed by atoms with Gasteiger partial charge in [-0.3, -0.25) is 0 Å². The fourth-order valence-electron chi connectivity index (χ4n) is 5.49. The summed E-state index contributed by atoms with van der Waals surface area (Å²) in [6.07, 6.45) is 0. The van der Waals surface area contributed by atoms with Gasteiger partial charge in [0.25, 0.3) is 0 Å². The van der Waals surface area contributed by atoms with Gasteiger partial charge < -0.3 is 19.3 Å². The summed E-state index contributed by atoms with van der Waals surface area (Å²) in [4.78, 5) is 4.35. The Bertz CT molecular complexity index is 1580.